The van der Waals surface area contributed by atoms with E-state index in [1.165, 1.54) is 12.8 Å². The summed E-state index contributed by atoms with van der Waals surface area (Å²) >= 11 is 0. The van der Waals surface area contributed by atoms with Crippen molar-refractivity contribution in [3.63, 3.8) is 0 Å². The third kappa shape index (κ3) is 2.92. The van der Waals surface area contributed by atoms with Crippen molar-refractivity contribution in [2.24, 2.45) is 5.92 Å². The van der Waals surface area contributed by atoms with Gasteiger partial charge in [0.25, 0.3) is 0 Å². The number of aryl methyl sites for hydroxylation is 1. The molecule has 0 radical (unpaired) electrons. The van der Waals surface area contributed by atoms with E-state index in [4.69, 9.17) is 5.11 Å². The Morgan fingerprint density at radius 2 is 2.38 bits per heavy atom. The number of hydrogen-bond donors (Lipinski definition) is 1. The van der Waals surface area contributed by atoms with Gasteiger partial charge in [-0.15, -0.1) is 0 Å². The van der Waals surface area contributed by atoms with Gasteiger partial charge in [0.2, 0.25) is 5.95 Å². The summed E-state index contributed by atoms with van der Waals surface area (Å²) in [5.41, 5.74) is 0.858. The second kappa shape index (κ2) is 4.47. The Morgan fingerprint density at radius 1 is 1.62 bits per heavy atom. The Balaban J connectivity index is 2.12. The van der Waals surface area contributed by atoms with E-state index in [9.17, 15) is 4.79 Å². The Labute approximate surface area is 94.1 Å². The van der Waals surface area contributed by atoms with Crippen LogP contribution in [0.2, 0.25) is 0 Å². The Hall–Kier alpha value is -1.65. The SMILES string of the molecule is Cc1ccnc(N(CC(=O)O)CC2CC2)n1. The van der Waals surface area contributed by atoms with Crippen LogP contribution in [0.4, 0.5) is 5.95 Å². The van der Waals surface area contributed by atoms with Gasteiger partial charge >= 0.3 is 5.97 Å². The third-order valence-electron chi connectivity index (χ3n) is 2.57. The summed E-state index contributed by atoms with van der Waals surface area (Å²) in [6, 6.07) is 1.81. The fourth-order valence-electron chi connectivity index (χ4n) is 1.58. The zero-order valence-electron chi connectivity index (χ0n) is 9.26. The van der Waals surface area contributed by atoms with Crippen LogP contribution < -0.4 is 4.90 Å². The van der Waals surface area contributed by atoms with Crippen molar-refractivity contribution >= 4 is 11.9 Å². The lowest BCUT2D eigenvalue weighted by Gasteiger charge is -2.20. The molecule has 86 valence electrons. The van der Waals surface area contributed by atoms with Crippen LogP contribution in [0, 0.1) is 12.8 Å². The van der Waals surface area contributed by atoms with Crippen LogP contribution >= 0.6 is 0 Å². The van der Waals surface area contributed by atoms with Crippen molar-refractivity contribution in [2.45, 2.75) is 19.8 Å². The van der Waals surface area contributed by atoms with Crippen LogP contribution in [-0.2, 0) is 4.79 Å². The van der Waals surface area contributed by atoms with Crippen molar-refractivity contribution in [1.82, 2.24) is 9.97 Å². The van der Waals surface area contributed by atoms with Gasteiger partial charge in [-0.25, -0.2) is 9.97 Å². The molecule has 0 bridgehead atoms. The van der Waals surface area contributed by atoms with Gasteiger partial charge in [0, 0.05) is 18.4 Å². The lowest BCUT2D eigenvalue weighted by Crippen LogP contribution is -2.33. The van der Waals surface area contributed by atoms with Gasteiger partial charge in [-0.2, -0.15) is 0 Å². The zero-order chi connectivity index (χ0) is 11.5. The first-order valence-corrected chi connectivity index (χ1v) is 5.41. The first-order chi connectivity index (χ1) is 7.65. The smallest absolute Gasteiger partial charge is 0.323 e. The summed E-state index contributed by atoms with van der Waals surface area (Å²) < 4.78 is 0. The number of carboxylic acids is 1. The monoisotopic (exact) mass is 221 g/mol. The molecular formula is C11H15N3O2. The number of carbonyl (C=O) groups is 1. The standard InChI is InChI=1S/C11H15N3O2/c1-8-4-5-12-11(13-8)14(7-10(15)16)6-9-2-3-9/h4-5,9H,2-3,6-7H2,1H3,(H,15,16). The molecule has 1 heterocycles. The van der Waals surface area contributed by atoms with Crippen LogP contribution in [0.1, 0.15) is 18.5 Å². The van der Waals surface area contributed by atoms with Gasteiger partial charge in [0.05, 0.1) is 0 Å². The number of hydrogen-bond acceptors (Lipinski definition) is 4. The average molecular weight is 221 g/mol. The van der Waals surface area contributed by atoms with Gasteiger partial charge in [0.15, 0.2) is 0 Å². The van der Waals surface area contributed by atoms with Crippen molar-refractivity contribution in [2.75, 3.05) is 18.0 Å². The van der Waals surface area contributed by atoms with Crippen LogP contribution in [0.5, 0.6) is 0 Å². The van der Waals surface area contributed by atoms with E-state index in [-0.39, 0.29) is 6.54 Å². The van der Waals surface area contributed by atoms with Gasteiger partial charge < -0.3 is 10.0 Å². The molecule has 1 aliphatic rings. The average Bonchev–Trinajstić information content (AvgIpc) is 3.00. The van der Waals surface area contributed by atoms with E-state index in [1.54, 1.807) is 17.2 Å². The third-order valence-corrected chi connectivity index (χ3v) is 2.57. The van der Waals surface area contributed by atoms with E-state index >= 15 is 0 Å². The number of aliphatic carboxylic acids is 1. The number of carboxylic acid groups (broad SMARTS) is 1. The van der Waals surface area contributed by atoms with Gasteiger partial charge in [0.1, 0.15) is 6.54 Å². The molecule has 0 amide bonds. The van der Waals surface area contributed by atoms with Crippen molar-refractivity contribution < 1.29 is 9.90 Å². The maximum atomic E-state index is 10.8. The van der Waals surface area contributed by atoms with E-state index in [0.29, 0.717) is 11.9 Å². The highest BCUT2D eigenvalue weighted by atomic mass is 16.4. The summed E-state index contributed by atoms with van der Waals surface area (Å²) in [6.07, 6.45) is 4.03. The van der Waals surface area contributed by atoms with Gasteiger partial charge in [-0.05, 0) is 31.7 Å². The topological polar surface area (TPSA) is 66.3 Å². The highest BCUT2D eigenvalue weighted by molar-refractivity contribution is 5.72. The summed E-state index contributed by atoms with van der Waals surface area (Å²) in [5.74, 6) is 0.295. The van der Waals surface area contributed by atoms with Crippen LogP contribution in [0.3, 0.4) is 0 Å². The highest BCUT2D eigenvalue weighted by Crippen LogP contribution is 2.30. The quantitative estimate of drug-likeness (QED) is 0.806. The van der Waals surface area contributed by atoms with E-state index in [0.717, 1.165) is 12.2 Å². The molecule has 5 nitrogen and oxygen atoms in total. The number of aromatic nitrogens is 2. The second-order valence-electron chi connectivity index (χ2n) is 4.22. The molecular weight excluding hydrogens is 206 g/mol. The van der Waals surface area contributed by atoms with Crippen LogP contribution in [0.25, 0.3) is 0 Å². The van der Waals surface area contributed by atoms with Crippen molar-refractivity contribution in [3.05, 3.63) is 18.0 Å². The maximum Gasteiger partial charge on any atom is 0.323 e. The normalized spacial score (nSPS) is 14.8. The molecule has 5 heteroatoms. The number of nitrogens with zero attached hydrogens (tertiary/aromatic N) is 3. The van der Waals surface area contributed by atoms with Crippen molar-refractivity contribution in [1.29, 1.82) is 0 Å². The summed E-state index contributed by atoms with van der Waals surface area (Å²) in [7, 11) is 0. The van der Waals surface area contributed by atoms with E-state index in [1.807, 2.05) is 6.92 Å². The molecule has 0 aromatic carbocycles. The molecule has 0 saturated heterocycles. The minimum Gasteiger partial charge on any atom is -0.480 e. The fourth-order valence-corrected chi connectivity index (χ4v) is 1.58. The molecule has 1 fully saturated rings. The predicted molar refractivity (Wildman–Crippen MR) is 59.3 cm³/mol. The first-order valence-electron chi connectivity index (χ1n) is 5.41. The molecule has 1 aliphatic carbocycles. The number of anilines is 1. The summed E-state index contributed by atoms with van der Waals surface area (Å²) in [6.45, 7) is 2.59. The fraction of sp³-hybridized carbons (Fsp3) is 0.545. The first kappa shape index (κ1) is 10.9. The van der Waals surface area contributed by atoms with E-state index in [2.05, 4.69) is 9.97 Å². The minimum atomic E-state index is -0.842. The van der Waals surface area contributed by atoms with Gasteiger partial charge in [-0.1, -0.05) is 0 Å². The second-order valence-corrected chi connectivity index (χ2v) is 4.22. The maximum absolute atomic E-state index is 10.8. The molecule has 0 aliphatic heterocycles. The molecule has 2 rings (SSSR count). The number of rotatable bonds is 5. The Morgan fingerprint density at radius 3 is 2.94 bits per heavy atom. The summed E-state index contributed by atoms with van der Waals surface area (Å²) in [5, 5.41) is 8.85. The van der Waals surface area contributed by atoms with Crippen LogP contribution in [-0.4, -0.2) is 34.1 Å². The molecule has 1 saturated carbocycles. The zero-order valence-corrected chi connectivity index (χ0v) is 9.26. The Kier molecular flexibility index (Phi) is 3.03. The molecule has 1 aromatic heterocycles. The molecule has 0 atom stereocenters. The highest BCUT2D eigenvalue weighted by Gasteiger charge is 2.26. The molecule has 1 aromatic rings. The van der Waals surface area contributed by atoms with Crippen LogP contribution in [0.15, 0.2) is 12.3 Å². The van der Waals surface area contributed by atoms with E-state index < -0.39 is 5.97 Å². The molecule has 16 heavy (non-hydrogen) atoms. The summed E-state index contributed by atoms with van der Waals surface area (Å²) in [4.78, 5) is 20.9. The largest absolute Gasteiger partial charge is 0.480 e. The minimum absolute atomic E-state index is 0.0278. The lowest BCUT2D eigenvalue weighted by molar-refractivity contribution is -0.135. The predicted octanol–water partition coefficient (Wildman–Crippen LogP) is 1.09. The Bertz CT molecular complexity index is 391. The van der Waals surface area contributed by atoms with Gasteiger partial charge in [-0.3, -0.25) is 4.79 Å². The molecule has 1 N–H and O–H groups in total. The molecule has 0 spiro atoms. The van der Waals surface area contributed by atoms with Crippen molar-refractivity contribution in [3.8, 4) is 0 Å². The lowest BCUT2D eigenvalue weighted by atomic mass is 10.3. The molecule has 0 unspecified atom stereocenters.